The monoisotopic (exact) mass is 269 g/mol. The predicted octanol–water partition coefficient (Wildman–Crippen LogP) is 2.95. The molecule has 0 aromatic carbocycles. The van der Waals surface area contributed by atoms with E-state index in [0.29, 0.717) is 12.3 Å². The third-order valence-electron chi connectivity index (χ3n) is 3.85. The Kier molecular flexibility index (Phi) is 5.15. The predicted molar refractivity (Wildman–Crippen MR) is 73.9 cm³/mol. The quantitative estimate of drug-likeness (QED) is 0.893. The molecular formula is C14H23NO2S. The number of thiazole rings is 1. The summed E-state index contributed by atoms with van der Waals surface area (Å²) >= 11 is 1.64. The van der Waals surface area contributed by atoms with Crippen molar-refractivity contribution in [1.29, 1.82) is 0 Å². The smallest absolute Gasteiger partial charge is 0.0897 e. The zero-order valence-electron chi connectivity index (χ0n) is 11.3. The molecule has 0 amide bonds. The van der Waals surface area contributed by atoms with Gasteiger partial charge >= 0.3 is 0 Å². The van der Waals surface area contributed by atoms with Gasteiger partial charge in [-0.1, -0.05) is 19.3 Å². The minimum atomic E-state index is -0.431. The van der Waals surface area contributed by atoms with Crippen LogP contribution in [0.2, 0.25) is 0 Å². The summed E-state index contributed by atoms with van der Waals surface area (Å²) in [5.41, 5.74) is 0.989. The molecule has 0 bridgehead atoms. The van der Waals surface area contributed by atoms with Gasteiger partial charge in [0, 0.05) is 18.9 Å². The van der Waals surface area contributed by atoms with Crippen molar-refractivity contribution >= 4 is 11.3 Å². The molecule has 1 aromatic heterocycles. The van der Waals surface area contributed by atoms with Gasteiger partial charge in [-0.05, 0) is 25.7 Å². The lowest BCUT2D eigenvalue weighted by Crippen LogP contribution is -2.37. The van der Waals surface area contributed by atoms with Crippen LogP contribution in [0.1, 0.15) is 42.8 Å². The van der Waals surface area contributed by atoms with Crippen molar-refractivity contribution in [2.24, 2.45) is 5.92 Å². The summed E-state index contributed by atoms with van der Waals surface area (Å²) < 4.78 is 5.56. The third-order valence-corrected chi connectivity index (χ3v) is 4.67. The summed E-state index contributed by atoms with van der Waals surface area (Å²) in [6, 6.07) is 0. The van der Waals surface area contributed by atoms with E-state index < -0.39 is 6.10 Å². The first-order valence-electron chi connectivity index (χ1n) is 6.82. The van der Waals surface area contributed by atoms with Crippen LogP contribution < -0.4 is 0 Å². The summed E-state index contributed by atoms with van der Waals surface area (Å²) in [4.78, 5) is 4.42. The van der Waals surface area contributed by atoms with Crippen LogP contribution >= 0.6 is 11.3 Å². The molecule has 2 unspecified atom stereocenters. The van der Waals surface area contributed by atoms with Crippen LogP contribution in [-0.4, -0.2) is 29.4 Å². The minimum absolute atomic E-state index is 0.0349. The first kappa shape index (κ1) is 14.0. The van der Waals surface area contributed by atoms with E-state index in [9.17, 15) is 5.11 Å². The Hall–Kier alpha value is -0.450. The van der Waals surface area contributed by atoms with Gasteiger partial charge in [0.15, 0.2) is 0 Å². The van der Waals surface area contributed by atoms with E-state index >= 15 is 0 Å². The van der Waals surface area contributed by atoms with Crippen LogP contribution in [0.15, 0.2) is 5.38 Å². The fraction of sp³-hybridized carbons (Fsp3) is 0.786. The summed E-state index contributed by atoms with van der Waals surface area (Å²) in [5.74, 6) is 0.512. The maximum absolute atomic E-state index is 10.4. The number of aryl methyl sites for hydroxylation is 1. The van der Waals surface area contributed by atoms with Crippen molar-refractivity contribution in [3.63, 3.8) is 0 Å². The van der Waals surface area contributed by atoms with E-state index in [1.54, 1.807) is 18.4 Å². The molecule has 1 N–H and O–H groups in total. The highest BCUT2D eigenvalue weighted by Gasteiger charge is 2.29. The van der Waals surface area contributed by atoms with Crippen LogP contribution in [0, 0.1) is 12.8 Å². The number of ether oxygens (including phenoxy) is 1. The highest BCUT2D eigenvalue weighted by molar-refractivity contribution is 7.09. The molecule has 1 heterocycles. The molecule has 0 spiro atoms. The molecule has 1 aliphatic rings. The largest absolute Gasteiger partial charge is 0.390 e. The van der Waals surface area contributed by atoms with E-state index in [1.807, 2.05) is 12.3 Å². The van der Waals surface area contributed by atoms with E-state index in [4.69, 9.17) is 4.74 Å². The van der Waals surface area contributed by atoms with Crippen molar-refractivity contribution in [3.8, 4) is 0 Å². The van der Waals surface area contributed by atoms with Crippen molar-refractivity contribution < 1.29 is 9.84 Å². The molecule has 0 saturated heterocycles. The first-order valence-corrected chi connectivity index (χ1v) is 7.70. The second kappa shape index (κ2) is 6.64. The third kappa shape index (κ3) is 3.53. The highest BCUT2D eigenvalue weighted by atomic mass is 32.1. The summed E-state index contributed by atoms with van der Waals surface area (Å²) in [6.07, 6.45) is 6.39. The minimum Gasteiger partial charge on any atom is -0.390 e. The molecule has 0 radical (unpaired) electrons. The fourth-order valence-corrected chi connectivity index (χ4v) is 3.58. The SMILES string of the molecule is COC(C(O)Cc1csc(C)n1)C1CCCCC1. The summed E-state index contributed by atoms with van der Waals surface area (Å²) in [5, 5.41) is 13.5. The Bertz CT molecular complexity index is 360. The molecular weight excluding hydrogens is 246 g/mol. The molecule has 1 aromatic rings. The number of aromatic nitrogens is 1. The maximum atomic E-state index is 10.4. The second-order valence-electron chi connectivity index (χ2n) is 5.23. The van der Waals surface area contributed by atoms with Gasteiger partial charge in [-0.15, -0.1) is 11.3 Å². The average Bonchev–Trinajstić information content (AvgIpc) is 2.77. The normalized spacial score (nSPS) is 20.8. The number of aliphatic hydroxyl groups excluding tert-OH is 1. The number of nitrogens with zero attached hydrogens (tertiary/aromatic N) is 1. The van der Waals surface area contributed by atoms with E-state index in [-0.39, 0.29) is 6.10 Å². The van der Waals surface area contributed by atoms with Crippen LogP contribution in [0.4, 0.5) is 0 Å². The van der Waals surface area contributed by atoms with Crippen LogP contribution in [-0.2, 0) is 11.2 Å². The van der Waals surface area contributed by atoms with E-state index in [0.717, 1.165) is 10.7 Å². The fourth-order valence-electron chi connectivity index (χ4n) is 2.96. The number of hydrogen-bond acceptors (Lipinski definition) is 4. The van der Waals surface area contributed by atoms with Crippen LogP contribution in [0.5, 0.6) is 0 Å². The Morgan fingerprint density at radius 2 is 2.17 bits per heavy atom. The zero-order chi connectivity index (χ0) is 13.0. The molecule has 18 heavy (non-hydrogen) atoms. The Labute approximate surface area is 113 Å². The van der Waals surface area contributed by atoms with Gasteiger partial charge in [0.05, 0.1) is 22.9 Å². The maximum Gasteiger partial charge on any atom is 0.0897 e. The molecule has 0 aliphatic heterocycles. The highest BCUT2D eigenvalue weighted by Crippen LogP contribution is 2.30. The number of aliphatic hydroxyl groups is 1. The second-order valence-corrected chi connectivity index (χ2v) is 6.29. The lowest BCUT2D eigenvalue weighted by molar-refractivity contribution is -0.0538. The average molecular weight is 269 g/mol. The number of rotatable bonds is 5. The van der Waals surface area contributed by atoms with Gasteiger partial charge in [0.1, 0.15) is 0 Å². The van der Waals surface area contributed by atoms with E-state index in [1.165, 1.54) is 32.1 Å². The Morgan fingerprint density at radius 3 is 2.72 bits per heavy atom. The zero-order valence-corrected chi connectivity index (χ0v) is 12.1. The van der Waals surface area contributed by atoms with E-state index in [2.05, 4.69) is 4.98 Å². The lowest BCUT2D eigenvalue weighted by Gasteiger charge is -2.32. The lowest BCUT2D eigenvalue weighted by atomic mass is 9.82. The number of methoxy groups -OCH3 is 1. The van der Waals surface area contributed by atoms with Crippen molar-refractivity contribution in [2.75, 3.05) is 7.11 Å². The summed E-state index contributed by atoms with van der Waals surface area (Å²) in [6.45, 7) is 2.00. The number of hydrogen-bond donors (Lipinski definition) is 1. The van der Waals surface area contributed by atoms with Crippen LogP contribution in [0.3, 0.4) is 0 Å². The molecule has 1 saturated carbocycles. The van der Waals surface area contributed by atoms with Crippen molar-refractivity contribution in [1.82, 2.24) is 4.98 Å². The van der Waals surface area contributed by atoms with Crippen molar-refractivity contribution in [2.45, 2.75) is 57.7 Å². The Balaban J connectivity index is 1.93. The van der Waals surface area contributed by atoms with Gasteiger partial charge in [0.2, 0.25) is 0 Å². The van der Waals surface area contributed by atoms with Crippen molar-refractivity contribution in [3.05, 3.63) is 16.1 Å². The summed E-state index contributed by atoms with van der Waals surface area (Å²) in [7, 11) is 1.72. The van der Waals surface area contributed by atoms with Gasteiger partial charge in [0.25, 0.3) is 0 Å². The topological polar surface area (TPSA) is 42.4 Å². The molecule has 2 rings (SSSR count). The molecule has 1 fully saturated rings. The van der Waals surface area contributed by atoms with Gasteiger partial charge in [-0.25, -0.2) is 4.98 Å². The standard InChI is InChI=1S/C14H23NO2S/c1-10-15-12(9-18-10)8-13(16)14(17-2)11-6-4-3-5-7-11/h9,11,13-14,16H,3-8H2,1-2H3. The molecule has 3 nitrogen and oxygen atoms in total. The first-order chi connectivity index (χ1) is 8.70. The Morgan fingerprint density at radius 1 is 1.44 bits per heavy atom. The molecule has 2 atom stereocenters. The molecule has 4 heteroatoms. The molecule has 102 valence electrons. The van der Waals surface area contributed by atoms with Gasteiger partial charge in [-0.3, -0.25) is 0 Å². The van der Waals surface area contributed by atoms with Crippen LogP contribution in [0.25, 0.3) is 0 Å². The van der Waals surface area contributed by atoms with Gasteiger partial charge in [-0.2, -0.15) is 0 Å². The molecule has 1 aliphatic carbocycles. The van der Waals surface area contributed by atoms with Gasteiger partial charge < -0.3 is 9.84 Å².